The summed E-state index contributed by atoms with van der Waals surface area (Å²) in [6.07, 6.45) is 2.15. The standard InChI is InChI=1S/C16H25NO/c1-15(2,3)13-6-5-7-14(12-13)18-16(4)8-10-17-11-9-16/h5-7,12,17H,8-11H2,1-4H3. The van der Waals surface area contributed by atoms with Gasteiger partial charge in [0.05, 0.1) is 0 Å². The van der Waals surface area contributed by atoms with E-state index in [0.717, 1.165) is 31.7 Å². The van der Waals surface area contributed by atoms with Gasteiger partial charge in [0.15, 0.2) is 0 Å². The Bertz CT molecular complexity index is 400. The first-order valence-corrected chi connectivity index (χ1v) is 6.89. The first-order chi connectivity index (χ1) is 8.39. The zero-order valence-corrected chi connectivity index (χ0v) is 12.0. The Morgan fingerprint density at radius 2 is 1.83 bits per heavy atom. The minimum Gasteiger partial charge on any atom is -0.487 e. The topological polar surface area (TPSA) is 21.3 Å². The highest BCUT2D eigenvalue weighted by molar-refractivity contribution is 5.33. The third-order valence-corrected chi connectivity index (χ3v) is 3.73. The quantitative estimate of drug-likeness (QED) is 0.863. The van der Waals surface area contributed by atoms with Gasteiger partial charge >= 0.3 is 0 Å². The Labute approximate surface area is 111 Å². The van der Waals surface area contributed by atoms with Crippen LogP contribution in [0.5, 0.6) is 5.75 Å². The lowest BCUT2D eigenvalue weighted by Crippen LogP contribution is -2.43. The predicted octanol–water partition coefficient (Wildman–Crippen LogP) is 3.51. The average molecular weight is 247 g/mol. The molecule has 0 unspecified atom stereocenters. The Morgan fingerprint density at radius 1 is 1.17 bits per heavy atom. The van der Waals surface area contributed by atoms with Crippen molar-refractivity contribution in [3.8, 4) is 5.75 Å². The fraction of sp³-hybridized carbons (Fsp3) is 0.625. The van der Waals surface area contributed by atoms with Crippen molar-refractivity contribution in [2.75, 3.05) is 13.1 Å². The van der Waals surface area contributed by atoms with E-state index in [1.165, 1.54) is 5.56 Å². The minimum atomic E-state index is -0.0121. The number of hydrogen-bond donors (Lipinski definition) is 1. The third-order valence-electron chi connectivity index (χ3n) is 3.73. The molecule has 1 heterocycles. The number of rotatable bonds is 2. The van der Waals surface area contributed by atoms with E-state index in [4.69, 9.17) is 4.74 Å². The lowest BCUT2D eigenvalue weighted by atomic mass is 9.87. The SMILES string of the molecule is CC1(Oc2cccc(C(C)(C)C)c2)CCNCC1. The normalized spacial score (nSPS) is 19.6. The van der Waals surface area contributed by atoms with Crippen LogP contribution < -0.4 is 10.1 Å². The molecule has 1 aromatic carbocycles. The molecule has 0 aromatic heterocycles. The Hall–Kier alpha value is -1.02. The summed E-state index contributed by atoms with van der Waals surface area (Å²) in [6, 6.07) is 8.54. The van der Waals surface area contributed by atoms with Gasteiger partial charge in [-0.05, 0) is 56.0 Å². The van der Waals surface area contributed by atoms with E-state index in [0.29, 0.717) is 0 Å². The van der Waals surface area contributed by atoms with E-state index in [1.807, 2.05) is 0 Å². The van der Waals surface area contributed by atoms with Gasteiger partial charge in [0.2, 0.25) is 0 Å². The molecule has 0 bridgehead atoms. The Balaban J connectivity index is 2.14. The second-order valence-electron chi connectivity index (χ2n) is 6.58. The highest BCUT2D eigenvalue weighted by Crippen LogP contribution is 2.30. The Morgan fingerprint density at radius 3 is 2.44 bits per heavy atom. The molecule has 1 aliphatic heterocycles. The van der Waals surface area contributed by atoms with Crippen molar-refractivity contribution in [2.45, 2.75) is 51.6 Å². The second kappa shape index (κ2) is 4.93. The molecule has 1 fully saturated rings. The number of hydrogen-bond acceptors (Lipinski definition) is 2. The van der Waals surface area contributed by atoms with Crippen LogP contribution in [0.1, 0.15) is 46.1 Å². The van der Waals surface area contributed by atoms with Crippen molar-refractivity contribution in [3.05, 3.63) is 29.8 Å². The summed E-state index contributed by atoms with van der Waals surface area (Å²) >= 11 is 0. The maximum absolute atomic E-state index is 6.24. The van der Waals surface area contributed by atoms with Gasteiger partial charge in [0, 0.05) is 0 Å². The molecule has 0 atom stereocenters. The van der Waals surface area contributed by atoms with Crippen LogP contribution in [0.3, 0.4) is 0 Å². The van der Waals surface area contributed by atoms with Gasteiger partial charge in [-0.15, -0.1) is 0 Å². The van der Waals surface area contributed by atoms with Gasteiger partial charge in [-0.3, -0.25) is 0 Å². The van der Waals surface area contributed by atoms with Crippen LogP contribution in [0.4, 0.5) is 0 Å². The third kappa shape index (κ3) is 3.26. The molecule has 0 spiro atoms. The minimum absolute atomic E-state index is 0.0121. The summed E-state index contributed by atoms with van der Waals surface area (Å²) in [5.41, 5.74) is 1.49. The summed E-state index contributed by atoms with van der Waals surface area (Å²) in [4.78, 5) is 0. The fourth-order valence-corrected chi connectivity index (χ4v) is 2.37. The lowest BCUT2D eigenvalue weighted by molar-refractivity contribution is 0.0554. The number of ether oxygens (including phenoxy) is 1. The van der Waals surface area contributed by atoms with E-state index in [9.17, 15) is 0 Å². The van der Waals surface area contributed by atoms with Crippen molar-refractivity contribution in [1.82, 2.24) is 5.32 Å². The van der Waals surface area contributed by atoms with Crippen LogP contribution in [-0.2, 0) is 5.41 Å². The zero-order valence-electron chi connectivity index (χ0n) is 12.0. The molecule has 18 heavy (non-hydrogen) atoms. The summed E-state index contributed by atoms with van der Waals surface area (Å²) in [5.74, 6) is 1.01. The van der Waals surface area contributed by atoms with Crippen LogP contribution in [0, 0.1) is 0 Å². The van der Waals surface area contributed by atoms with Crippen LogP contribution >= 0.6 is 0 Å². The molecule has 2 nitrogen and oxygen atoms in total. The van der Waals surface area contributed by atoms with Crippen LogP contribution in [0.25, 0.3) is 0 Å². The van der Waals surface area contributed by atoms with Crippen molar-refractivity contribution in [3.63, 3.8) is 0 Å². The van der Waals surface area contributed by atoms with Crippen LogP contribution in [0.15, 0.2) is 24.3 Å². The van der Waals surface area contributed by atoms with E-state index in [-0.39, 0.29) is 11.0 Å². The van der Waals surface area contributed by atoms with Gasteiger partial charge in [-0.1, -0.05) is 32.9 Å². The largest absolute Gasteiger partial charge is 0.487 e. The molecule has 100 valence electrons. The highest BCUT2D eigenvalue weighted by atomic mass is 16.5. The summed E-state index contributed by atoms with van der Waals surface area (Å²) in [5, 5.41) is 3.38. The molecule has 2 heteroatoms. The first-order valence-electron chi connectivity index (χ1n) is 6.89. The van der Waals surface area contributed by atoms with E-state index in [1.54, 1.807) is 0 Å². The van der Waals surface area contributed by atoms with Gasteiger partial charge in [-0.2, -0.15) is 0 Å². The van der Waals surface area contributed by atoms with Crippen molar-refractivity contribution < 1.29 is 4.74 Å². The molecular formula is C16H25NO. The number of nitrogens with one attached hydrogen (secondary N) is 1. The molecule has 2 rings (SSSR count). The predicted molar refractivity (Wildman–Crippen MR) is 76.3 cm³/mol. The summed E-state index contributed by atoms with van der Waals surface area (Å²) in [6.45, 7) is 11.0. The molecule has 1 N–H and O–H groups in total. The number of benzene rings is 1. The monoisotopic (exact) mass is 247 g/mol. The lowest BCUT2D eigenvalue weighted by Gasteiger charge is -2.35. The maximum Gasteiger partial charge on any atom is 0.120 e. The van der Waals surface area contributed by atoms with Crippen molar-refractivity contribution in [1.29, 1.82) is 0 Å². The van der Waals surface area contributed by atoms with Gasteiger partial charge in [0.1, 0.15) is 11.4 Å². The van der Waals surface area contributed by atoms with Crippen LogP contribution in [-0.4, -0.2) is 18.7 Å². The van der Waals surface area contributed by atoms with Crippen LogP contribution in [0.2, 0.25) is 0 Å². The zero-order chi connectivity index (χ0) is 13.2. The Kier molecular flexibility index (Phi) is 3.67. The molecule has 0 amide bonds. The van der Waals surface area contributed by atoms with Crippen molar-refractivity contribution in [2.24, 2.45) is 0 Å². The maximum atomic E-state index is 6.24. The molecule has 0 saturated carbocycles. The molecule has 1 saturated heterocycles. The van der Waals surface area contributed by atoms with Gasteiger partial charge in [0.25, 0.3) is 0 Å². The molecule has 0 radical (unpaired) electrons. The molecule has 1 aliphatic rings. The highest BCUT2D eigenvalue weighted by Gasteiger charge is 2.28. The second-order valence-corrected chi connectivity index (χ2v) is 6.58. The van der Waals surface area contributed by atoms with E-state index < -0.39 is 0 Å². The summed E-state index contributed by atoms with van der Waals surface area (Å²) < 4.78 is 6.24. The van der Waals surface area contributed by atoms with Gasteiger partial charge in [-0.25, -0.2) is 0 Å². The molecule has 0 aliphatic carbocycles. The fourth-order valence-electron chi connectivity index (χ4n) is 2.37. The molecular weight excluding hydrogens is 222 g/mol. The average Bonchev–Trinajstić information content (AvgIpc) is 2.28. The molecule has 1 aromatic rings. The van der Waals surface area contributed by atoms with E-state index in [2.05, 4.69) is 57.3 Å². The van der Waals surface area contributed by atoms with Crippen molar-refractivity contribution >= 4 is 0 Å². The van der Waals surface area contributed by atoms with Gasteiger partial charge < -0.3 is 10.1 Å². The first kappa shape index (κ1) is 13.4. The smallest absolute Gasteiger partial charge is 0.120 e. The van der Waals surface area contributed by atoms with E-state index >= 15 is 0 Å². The summed E-state index contributed by atoms with van der Waals surface area (Å²) in [7, 11) is 0. The number of piperidine rings is 1.